The van der Waals surface area contributed by atoms with E-state index in [-0.39, 0.29) is 28.0 Å². The SMILES string of the molecule is CN=C1c2c(cc([N+](=O)[O-])cc2[N+](=O)[O-])-c2cc([N+](=O)[O-])cc([N+](=O)[O-])c21. The molecule has 0 unspecified atom stereocenters. The second-order valence-corrected chi connectivity index (χ2v) is 5.38. The summed E-state index contributed by atoms with van der Waals surface area (Å²) in [6, 6.07) is 3.39. The van der Waals surface area contributed by atoms with E-state index in [0.29, 0.717) is 0 Å². The minimum Gasteiger partial charge on any atom is -0.287 e. The summed E-state index contributed by atoms with van der Waals surface area (Å²) in [5, 5.41) is 45.1. The molecule has 0 spiro atoms. The number of nitrogens with zero attached hydrogens (tertiary/aromatic N) is 5. The molecule has 2 aromatic carbocycles. The zero-order valence-corrected chi connectivity index (χ0v) is 13.3. The first-order valence-electron chi connectivity index (χ1n) is 7.09. The Balaban J connectivity index is 2.52. The molecule has 0 aliphatic heterocycles. The highest BCUT2D eigenvalue weighted by atomic mass is 16.6. The highest BCUT2D eigenvalue weighted by molar-refractivity contribution is 6.28. The third kappa shape index (κ3) is 2.53. The van der Waals surface area contributed by atoms with Crippen molar-refractivity contribution in [1.82, 2.24) is 0 Å². The number of fused-ring (bicyclic) bond motifs is 3. The molecule has 2 aromatic rings. The van der Waals surface area contributed by atoms with Gasteiger partial charge in [-0.25, -0.2) is 0 Å². The molecule has 136 valence electrons. The van der Waals surface area contributed by atoms with Gasteiger partial charge in [-0.05, 0) is 0 Å². The van der Waals surface area contributed by atoms with Gasteiger partial charge in [-0.1, -0.05) is 0 Å². The normalized spacial score (nSPS) is 11.5. The Morgan fingerprint density at radius 3 is 1.30 bits per heavy atom. The second kappa shape index (κ2) is 5.91. The van der Waals surface area contributed by atoms with Crippen LogP contribution in [0.5, 0.6) is 0 Å². The molecule has 13 heteroatoms. The van der Waals surface area contributed by atoms with E-state index in [1.807, 2.05) is 0 Å². The van der Waals surface area contributed by atoms with Gasteiger partial charge in [0.1, 0.15) is 0 Å². The van der Waals surface area contributed by atoms with Gasteiger partial charge in [0, 0.05) is 30.3 Å². The Kier molecular flexibility index (Phi) is 3.83. The van der Waals surface area contributed by atoms with E-state index in [9.17, 15) is 40.5 Å². The number of hydrogen-bond acceptors (Lipinski definition) is 9. The molecule has 0 N–H and O–H groups in total. The van der Waals surface area contributed by atoms with Gasteiger partial charge in [0.25, 0.3) is 22.7 Å². The number of aliphatic imine (C=N–C) groups is 1. The number of nitro benzene ring substituents is 4. The third-order valence-corrected chi connectivity index (χ3v) is 4.01. The quantitative estimate of drug-likeness (QED) is 0.493. The summed E-state index contributed by atoms with van der Waals surface area (Å²) in [7, 11) is 1.24. The molecular weight excluding hydrogens is 366 g/mol. The minimum atomic E-state index is -0.872. The van der Waals surface area contributed by atoms with Crippen LogP contribution in [0.25, 0.3) is 11.1 Å². The van der Waals surface area contributed by atoms with Gasteiger partial charge in [-0.2, -0.15) is 0 Å². The molecule has 0 bridgehead atoms. The lowest BCUT2D eigenvalue weighted by molar-refractivity contribution is -0.394. The van der Waals surface area contributed by atoms with Gasteiger partial charge < -0.3 is 0 Å². The lowest BCUT2D eigenvalue weighted by atomic mass is 10.0. The van der Waals surface area contributed by atoms with Gasteiger partial charge in [0.15, 0.2) is 0 Å². The highest BCUT2D eigenvalue weighted by Gasteiger charge is 2.40. The first-order chi connectivity index (χ1) is 12.7. The molecule has 0 saturated carbocycles. The molecule has 0 aromatic heterocycles. The molecule has 13 nitrogen and oxygen atoms in total. The summed E-state index contributed by atoms with van der Waals surface area (Å²) in [6.45, 7) is 0. The first kappa shape index (κ1) is 17.5. The van der Waals surface area contributed by atoms with Crippen molar-refractivity contribution in [3.05, 3.63) is 75.8 Å². The molecule has 0 fully saturated rings. The van der Waals surface area contributed by atoms with Crippen molar-refractivity contribution in [2.45, 2.75) is 0 Å². The second-order valence-electron chi connectivity index (χ2n) is 5.38. The van der Waals surface area contributed by atoms with Crippen LogP contribution in [0.2, 0.25) is 0 Å². The standard InChI is InChI=1S/C14H7N5O8/c1-15-14-12-8(2-6(16(20)21)4-10(12)18(24)25)9-3-7(17(22)23)5-11(13(9)14)19(26)27/h2-5H,1H3. The van der Waals surface area contributed by atoms with E-state index in [1.165, 1.54) is 7.05 Å². The first-order valence-corrected chi connectivity index (χ1v) is 7.09. The van der Waals surface area contributed by atoms with Crippen LogP contribution in [0.15, 0.2) is 29.3 Å². The van der Waals surface area contributed by atoms with Crippen LogP contribution >= 0.6 is 0 Å². The van der Waals surface area contributed by atoms with Crippen LogP contribution in [0.4, 0.5) is 22.7 Å². The smallest absolute Gasteiger partial charge is 0.286 e. The van der Waals surface area contributed by atoms with Crippen molar-refractivity contribution in [3.63, 3.8) is 0 Å². The number of nitro groups is 4. The molecule has 0 saturated heterocycles. The fraction of sp³-hybridized carbons (Fsp3) is 0.0714. The van der Waals surface area contributed by atoms with Gasteiger partial charge in [0.05, 0.1) is 48.7 Å². The summed E-state index contributed by atoms with van der Waals surface area (Å²) in [4.78, 5) is 45.5. The Bertz CT molecular complexity index is 1020. The molecule has 0 atom stereocenters. The fourth-order valence-electron chi connectivity index (χ4n) is 2.99. The average Bonchev–Trinajstić information content (AvgIpc) is 2.93. The largest absolute Gasteiger partial charge is 0.287 e. The zero-order chi connectivity index (χ0) is 20.0. The number of non-ortho nitro benzene ring substituents is 2. The van der Waals surface area contributed by atoms with Crippen LogP contribution in [-0.4, -0.2) is 32.5 Å². The predicted octanol–water partition coefficient (Wildman–Crippen LogP) is 2.77. The third-order valence-electron chi connectivity index (χ3n) is 4.01. The maximum Gasteiger partial charge on any atom is 0.286 e. The molecule has 0 amide bonds. The summed E-state index contributed by atoms with van der Waals surface area (Å²) in [5.41, 5.74) is -3.25. The molecule has 3 rings (SSSR count). The van der Waals surface area contributed by atoms with Gasteiger partial charge >= 0.3 is 0 Å². The highest BCUT2D eigenvalue weighted by Crippen LogP contribution is 2.48. The summed E-state index contributed by atoms with van der Waals surface area (Å²) >= 11 is 0. The molecular formula is C14H7N5O8. The molecule has 1 aliphatic rings. The Hall–Kier alpha value is -4.29. The van der Waals surface area contributed by atoms with Gasteiger partial charge in [-0.3, -0.25) is 45.4 Å². The van der Waals surface area contributed by atoms with Crippen molar-refractivity contribution < 1.29 is 19.7 Å². The molecule has 0 heterocycles. The maximum atomic E-state index is 11.4. The monoisotopic (exact) mass is 373 g/mol. The van der Waals surface area contributed by atoms with Crippen LogP contribution in [0, 0.1) is 40.5 Å². The lowest BCUT2D eigenvalue weighted by Gasteiger charge is -2.02. The Morgan fingerprint density at radius 2 is 1.04 bits per heavy atom. The topological polar surface area (TPSA) is 185 Å². The van der Waals surface area contributed by atoms with E-state index in [4.69, 9.17) is 0 Å². The fourth-order valence-corrected chi connectivity index (χ4v) is 2.99. The predicted molar refractivity (Wildman–Crippen MR) is 90.1 cm³/mol. The van der Waals surface area contributed by atoms with Crippen LogP contribution < -0.4 is 0 Å². The van der Waals surface area contributed by atoms with Crippen LogP contribution in [-0.2, 0) is 0 Å². The average molecular weight is 373 g/mol. The molecule has 0 radical (unpaired) electrons. The molecule has 1 aliphatic carbocycles. The van der Waals surface area contributed by atoms with E-state index in [0.717, 1.165) is 24.3 Å². The van der Waals surface area contributed by atoms with Crippen molar-refractivity contribution in [3.8, 4) is 11.1 Å². The van der Waals surface area contributed by atoms with E-state index in [1.54, 1.807) is 0 Å². The summed E-state index contributed by atoms with van der Waals surface area (Å²) in [6.07, 6.45) is 0. The number of benzene rings is 2. The number of hydrogen-bond donors (Lipinski definition) is 0. The summed E-state index contributed by atoms with van der Waals surface area (Å²) in [5.74, 6) is 0. The van der Waals surface area contributed by atoms with Crippen LogP contribution in [0.1, 0.15) is 11.1 Å². The minimum absolute atomic E-state index is 0.0988. The Morgan fingerprint density at radius 1 is 0.667 bits per heavy atom. The van der Waals surface area contributed by atoms with Crippen molar-refractivity contribution in [1.29, 1.82) is 0 Å². The molecule has 27 heavy (non-hydrogen) atoms. The lowest BCUT2D eigenvalue weighted by Crippen LogP contribution is -2.06. The summed E-state index contributed by atoms with van der Waals surface area (Å²) < 4.78 is 0. The van der Waals surface area contributed by atoms with Crippen molar-refractivity contribution >= 4 is 28.5 Å². The zero-order valence-electron chi connectivity index (χ0n) is 13.3. The van der Waals surface area contributed by atoms with E-state index >= 15 is 0 Å². The van der Waals surface area contributed by atoms with Gasteiger partial charge in [0.2, 0.25) is 0 Å². The van der Waals surface area contributed by atoms with Crippen molar-refractivity contribution in [2.24, 2.45) is 4.99 Å². The van der Waals surface area contributed by atoms with E-state index < -0.39 is 42.4 Å². The van der Waals surface area contributed by atoms with Crippen molar-refractivity contribution in [2.75, 3.05) is 7.05 Å². The maximum absolute atomic E-state index is 11.4. The number of rotatable bonds is 4. The Labute approximate surface area is 148 Å². The van der Waals surface area contributed by atoms with E-state index in [2.05, 4.69) is 4.99 Å². The van der Waals surface area contributed by atoms with Gasteiger partial charge in [-0.15, -0.1) is 0 Å². The van der Waals surface area contributed by atoms with Crippen LogP contribution in [0.3, 0.4) is 0 Å².